The number of aryl methyl sites for hydroxylation is 1. The molecular formula is C19H20N2. The van der Waals surface area contributed by atoms with E-state index in [4.69, 9.17) is 5.73 Å². The molecule has 1 atom stereocenters. The lowest BCUT2D eigenvalue weighted by Crippen LogP contribution is -2.25. The summed E-state index contributed by atoms with van der Waals surface area (Å²) in [7, 11) is 0. The van der Waals surface area contributed by atoms with Crippen LogP contribution in [0.3, 0.4) is 0 Å². The number of aromatic nitrogens is 1. The van der Waals surface area contributed by atoms with Crippen molar-refractivity contribution in [2.45, 2.75) is 25.8 Å². The van der Waals surface area contributed by atoms with Crippen LogP contribution in [-0.2, 0) is 12.8 Å². The van der Waals surface area contributed by atoms with Gasteiger partial charge in [0.1, 0.15) is 0 Å². The molecule has 0 saturated carbocycles. The Morgan fingerprint density at radius 1 is 0.952 bits per heavy atom. The van der Waals surface area contributed by atoms with E-state index in [2.05, 4.69) is 53.5 Å². The molecule has 3 aromatic rings. The number of hydrogen-bond acceptors (Lipinski definition) is 2. The van der Waals surface area contributed by atoms with Crippen molar-refractivity contribution in [2.24, 2.45) is 5.73 Å². The first-order valence-electron chi connectivity index (χ1n) is 7.37. The Labute approximate surface area is 125 Å². The van der Waals surface area contributed by atoms with Crippen molar-refractivity contribution in [1.29, 1.82) is 0 Å². The van der Waals surface area contributed by atoms with Gasteiger partial charge in [-0.15, -0.1) is 0 Å². The minimum Gasteiger partial charge on any atom is -0.327 e. The maximum Gasteiger partial charge on any atom is 0.0707 e. The van der Waals surface area contributed by atoms with Gasteiger partial charge in [0.25, 0.3) is 0 Å². The summed E-state index contributed by atoms with van der Waals surface area (Å²) < 4.78 is 0. The zero-order valence-corrected chi connectivity index (χ0v) is 12.3. The minimum atomic E-state index is 0.123. The number of benzene rings is 2. The monoisotopic (exact) mass is 276 g/mol. The molecule has 106 valence electrons. The Bertz CT molecular complexity index is 735. The summed E-state index contributed by atoms with van der Waals surface area (Å²) in [5, 5.41) is 1.21. The normalized spacial score (nSPS) is 12.5. The summed E-state index contributed by atoms with van der Waals surface area (Å²) >= 11 is 0. The molecule has 0 radical (unpaired) electrons. The lowest BCUT2D eigenvalue weighted by molar-refractivity contribution is 0.667. The van der Waals surface area contributed by atoms with Crippen LogP contribution in [0.4, 0.5) is 0 Å². The number of nitrogens with zero attached hydrogens (tertiary/aromatic N) is 1. The molecule has 2 nitrogen and oxygen atoms in total. The van der Waals surface area contributed by atoms with Gasteiger partial charge < -0.3 is 5.73 Å². The summed E-state index contributed by atoms with van der Waals surface area (Å²) in [6, 6.07) is 21.0. The summed E-state index contributed by atoms with van der Waals surface area (Å²) in [5.74, 6) is 0. The number of hydrogen-bond donors (Lipinski definition) is 1. The van der Waals surface area contributed by atoms with Crippen molar-refractivity contribution in [3.8, 4) is 0 Å². The minimum absolute atomic E-state index is 0.123. The number of fused-ring (bicyclic) bond motifs is 1. The molecule has 0 amide bonds. The quantitative estimate of drug-likeness (QED) is 0.790. The average Bonchev–Trinajstić information content (AvgIpc) is 2.48. The van der Waals surface area contributed by atoms with E-state index >= 15 is 0 Å². The Kier molecular flexibility index (Phi) is 3.98. The van der Waals surface area contributed by atoms with Crippen LogP contribution in [-0.4, -0.2) is 11.0 Å². The van der Waals surface area contributed by atoms with Crippen molar-refractivity contribution in [1.82, 2.24) is 4.98 Å². The molecule has 1 unspecified atom stereocenters. The van der Waals surface area contributed by atoms with Gasteiger partial charge in [-0.2, -0.15) is 0 Å². The lowest BCUT2D eigenvalue weighted by Gasteiger charge is -2.14. The van der Waals surface area contributed by atoms with E-state index in [1.165, 1.54) is 16.5 Å². The standard InChI is InChI=1S/C19H20N2/c1-14-11-16(18-9-5-6-10-19(18)21-14)13-17(20)12-15-7-3-2-4-8-15/h2-11,17H,12-13,20H2,1H3. The number of pyridine rings is 1. The van der Waals surface area contributed by atoms with Crippen molar-refractivity contribution in [3.63, 3.8) is 0 Å². The Morgan fingerprint density at radius 3 is 2.48 bits per heavy atom. The summed E-state index contributed by atoms with van der Waals surface area (Å²) in [5.41, 5.74) is 11.0. The van der Waals surface area contributed by atoms with Crippen LogP contribution in [0.15, 0.2) is 60.7 Å². The predicted octanol–water partition coefficient (Wildman–Crippen LogP) is 3.66. The molecule has 1 heterocycles. The SMILES string of the molecule is Cc1cc(CC(N)Cc2ccccc2)c2ccccc2n1. The third kappa shape index (κ3) is 3.29. The topological polar surface area (TPSA) is 38.9 Å². The molecule has 2 aromatic carbocycles. The first-order valence-corrected chi connectivity index (χ1v) is 7.37. The number of rotatable bonds is 4. The highest BCUT2D eigenvalue weighted by Gasteiger charge is 2.09. The largest absolute Gasteiger partial charge is 0.327 e. The van der Waals surface area contributed by atoms with Crippen LogP contribution in [0, 0.1) is 6.92 Å². The van der Waals surface area contributed by atoms with Crippen LogP contribution >= 0.6 is 0 Å². The van der Waals surface area contributed by atoms with Crippen molar-refractivity contribution >= 4 is 10.9 Å². The summed E-state index contributed by atoms with van der Waals surface area (Å²) in [4.78, 5) is 4.59. The molecule has 0 aliphatic carbocycles. The second-order valence-corrected chi connectivity index (χ2v) is 5.59. The fraction of sp³-hybridized carbons (Fsp3) is 0.211. The highest BCUT2D eigenvalue weighted by molar-refractivity contribution is 5.82. The third-order valence-corrected chi connectivity index (χ3v) is 3.75. The molecule has 0 saturated heterocycles. The molecule has 21 heavy (non-hydrogen) atoms. The second kappa shape index (κ2) is 6.06. The van der Waals surface area contributed by atoms with E-state index in [-0.39, 0.29) is 6.04 Å². The average molecular weight is 276 g/mol. The molecule has 0 fully saturated rings. The molecule has 2 N–H and O–H groups in total. The van der Waals surface area contributed by atoms with Crippen molar-refractivity contribution < 1.29 is 0 Å². The molecule has 0 spiro atoms. The summed E-state index contributed by atoms with van der Waals surface area (Å²) in [6.07, 6.45) is 1.77. The van der Waals surface area contributed by atoms with Gasteiger partial charge in [-0.3, -0.25) is 4.98 Å². The fourth-order valence-corrected chi connectivity index (χ4v) is 2.84. The third-order valence-electron chi connectivity index (χ3n) is 3.75. The van der Waals surface area contributed by atoms with Crippen LogP contribution in [0.1, 0.15) is 16.8 Å². The molecule has 3 rings (SSSR count). The molecule has 0 bridgehead atoms. The maximum absolute atomic E-state index is 6.36. The van der Waals surface area contributed by atoms with Gasteiger partial charge in [0.15, 0.2) is 0 Å². The van der Waals surface area contributed by atoms with Gasteiger partial charge in [0, 0.05) is 17.1 Å². The van der Waals surface area contributed by atoms with Gasteiger partial charge in [-0.25, -0.2) is 0 Å². The second-order valence-electron chi connectivity index (χ2n) is 5.59. The number of para-hydroxylation sites is 1. The molecule has 1 aromatic heterocycles. The van der Waals surface area contributed by atoms with Crippen LogP contribution < -0.4 is 5.73 Å². The first kappa shape index (κ1) is 13.8. The van der Waals surface area contributed by atoms with Gasteiger partial charge in [-0.1, -0.05) is 48.5 Å². The number of nitrogens with two attached hydrogens (primary N) is 1. The molecule has 2 heteroatoms. The van der Waals surface area contributed by atoms with E-state index in [0.29, 0.717) is 0 Å². The van der Waals surface area contributed by atoms with E-state index in [1.807, 2.05) is 19.1 Å². The highest BCUT2D eigenvalue weighted by Crippen LogP contribution is 2.20. The van der Waals surface area contributed by atoms with Gasteiger partial charge in [-0.05, 0) is 43.0 Å². The first-order chi connectivity index (χ1) is 10.2. The summed E-state index contributed by atoms with van der Waals surface area (Å²) in [6.45, 7) is 2.04. The van der Waals surface area contributed by atoms with E-state index in [1.54, 1.807) is 0 Å². The Balaban J connectivity index is 1.84. The van der Waals surface area contributed by atoms with E-state index < -0.39 is 0 Å². The smallest absolute Gasteiger partial charge is 0.0707 e. The Morgan fingerprint density at radius 2 is 1.67 bits per heavy atom. The van der Waals surface area contributed by atoms with E-state index in [0.717, 1.165) is 24.1 Å². The predicted molar refractivity (Wildman–Crippen MR) is 88.3 cm³/mol. The van der Waals surface area contributed by atoms with Crippen LogP contribution in [0.2, 0.25) is 0 Å². The van der Waals surface area contributed by atoms with Gasteiger partial charge >= 0.3 is 0 Å². The fourth-order valence-electron chi connectivity index (χ4n) is 2.84. The zero-order valence-electron chi connectivity index (χ0n) is 12.3. The van der Waals surface area contributed by atoms with E-state index in [9.17, 15) is 0 Å². The van der Waals surface area contributed by atoms with Crippen LogP contribution in [0.5, 0.6) is 0 Å². The van der Waals surface area contributed by atoms with Gasteiger partial charge in [0.05, 0.1) is 5.52 Å². The lowest BCUT2D eigenvalue weighted by atomic mass is 9.97. The van der Waals surface area contributed by atoms with Gasteiger partial charge in [0.2, 0.25) is 0 Å². The highest BCUT2D eigenvalue weighted by atomic mass is 14.7. The molecular weight excluding hydrogens is 256 g/mol. The van der Waals surface area contributed by atoms with Crippen molar-refractivity contribution in [3.05, 3.63) is 77.5 Å². The molecule has 0 aliphatic rings. The van der Waals surface area contributed by atoms with Crippen molar-refractivity contribution in [2.75, 3.05) is 0 Å². The maximum atomic E-state index is 6.36. The zero-order chi connectivity index (χ0) is 14.7. The van der Waals surface area contributed by atoms with Crippen LogP contribution in [0.25, 0.3) is 10.9 Å². The Hall–Kier alpha value is -2.19. The molecule has 0 aliphatic heterocycles.